The fourth-order valence-electron chi connectivity index (χ4n) is 4.17. The van der Waals surface area contributed by atoms with Gasteiger partial charge in [-0.05, 0) is 54.2 Å². The van der Waals surface area contributed by atoms with Crippen molar-refractivity contribution in [3.63, 3.8) is 0 Å². The number of piperazine rings is 1. The molecule has 1 saturated heterocycles. The number of thiocarbonyl (C=S) groups is 1. The molecule has 0 unspecified atom stereocenters. The number of nitrogens with one attached hydrogen (secondary N) is 2. The van der Waals surface area contributed by atoms with Crippen molar-refractivity contribution in [2.45, 2.75) is 6.54 Å². The van der Waals surface area contributed by atoms with Crippen molar-refractivity contribution in [3.8, 4) is 5.75 Å². The van der Waals surface area contributed by atoms with Crippen LogP contribution in [-0.4, -0.2) is 54.1 Å². The zero-order valence-electron chi connectivity index (χ0n) is 20.4. The van der Waals surface area contributed by atoms with Gasteiger partial charge in [-0.2, -0.15) is 0 Å². The Morgan fingerprint density at radius 1 is 1.05 bits per heavy atom. The molecule has 0 saturated carbocycles. The Labute approximate surface area is 235 Å². The van der Waals surface area contributed by atoms with E-state index in [9.17, 15) is 14.9 Å². The number of carbonyl (C=O) groups excluding carboxylic acids is 1. The van der Waals surface area contributed by atoms with E-state index in [1.165, 1.54) is 19.2 Å². The molecule has 1 heterocycles. The van der Waals surface area contributed by atoms with Crippen LogP contribution in [0.2, 0.25) is 10.0 Å². The molecule has 4 rings (SSSR count). The van der Waals surface area contributed by atoms with Gasteiger partial charge >= 0.3 is 5.69 Å². The lowest BCUT2D eigenvalue weighted by atomic mass is 10.1. The number of hydrogen-bond acceptors (Lipinski definition) is 7. The summed E-state index contributed by atoms with van der Waals surface area (Å²) < 4.78 is 4.96. The van der Waals surface area contributed by atoms with E-state index in [0.717, 1.165) is 55.1 Å². The van der Waals surface area contributed by atoms with E-state index in [-0.39, 0.29) is 22.1 Å². The Kier molecular flexibility index (Phi) is 9.01. The molecule has 0 spiro atoms. The van der Waals surface area contributed by atoms with Crippen molar-refractivity contribution in [2.24, 2.45) is 0 Å². The van der Waals surface area contributed by atoms with Crippen LogP contribution in [0.25, 0.3) is 0 Å². The molecule has 0 aliphatic carbocycles. The van der Waals surface area contributed by atoms with Gasteiger partial charge in [0, 0.05) is 55.1 Å². The second-order valence-electron chi connectivity index (χ2n) is 8.57. The number of rotatable bonds is 7. The predicted molar refractivity (Wildman–Crippen MR) is 154 cm³/mol. The number of anilines is 2. The van der Waals surface area contributed by atoms with Gasteiger partial charge in [-0.25, -0.2) is 0 Å². The van der Waals surface area contributed by atoms with E-state index in [1.807, 2.05) is 36.4 Å². The van der Waals surface area contributed by atoms with Gasteiger partial charge in [0.2, 0.25) is 0 Å². The molecule has 9 nitrogen and oxygen atoms in total. The third kappa shape index (κ3) is 6.70. The van der Waals surface area contributed by atoms with Gasteiger partial charge in [-0.3, -0.25) is 25.1 Å². The van der Waals surface area contributed by atoms with Gasteiger partial charge in [0.1, 0.15) is 0 Å². The van der Waals surface area contributed by atoms with Gasteiger partial charge in [0.15, 0.2) is 10.9 Å². The number of nitro groups is 1. The normalized spacial score (nSPS) is 13.6. The summed E-state index contributed by atoms with van der Waals surface area (Å²) in [5, 5.41) is 18.0. The highest BCUT2D eigenvalue weighted by Crippen LogP contribution is 2.30. The molecular formula is C26H25Cl2N5O4S. The largest absolute Gasteiger partial charge is 0.490 e. The Bertz CT molecular complexity index is 1370. The summed E-state index contributed by atoms with van der Waals surface area (Å²) in [7, 11) is 1.32. The van der Waals surface area contributed by atoms with Crippen molar-refractivity contribution >= 4 is 63.5 Å². The average molecular weight is 574 g/mol. The molecule has 0 radical (unpaired) electrons. The van der Waals surface area contributed by atoms with Gasteiger partial charge < -0.3 is 15.0 Å². The quantitative estimate of drug-likeness (QED) is 0.221. The van der Waals surface area contributed by atoms with Crippen LogP contribution >= 0.6 is 35.4 Å². The van der Waals surface area contributed by atoms with Crippen LogP contribution < -0.4 is 20.3 Å². The number of carbonyl (C=O) groups is 1. The van der Waals surface area contributed by atoms with E-state index in [0.29, 0.717) is 10.7 Å². The van der Waals surface area contributed by atoms with Crippen molar-refractivity contribution in [1.82, 2.24) is 10.2 Å². The number of nitro benzene ring substituents is 1. The van der Waals surface area contributed by atoms with Crippen LogP contribution in [0.1, 0.15) is 15.9 Å². The number of benzene rings is 3. The monoisotopic (exact) mass is 573 g/mol. The molecule has 1 aliphatic rings. The topological polar surface area (TPSA) is 100.0 Å². The lowest BCUT2D eigenvalue weighted by molar-refractivity contribution is -0.385. The zero-order chi connectivity index (χ0) is 27.2. The van der Waals surface area contributed by atoms with Crippen molar-refractivity contribution in [1.29, 1.82) is 0 Å². The minimum Gasteiger partial charge on any atom is -0.490 e. The zero-order valence-corrected chi connectivity index (χ0v) is 22.8. The first kappa shape index (κ1) is 27.6. The number of ether oxygens (including phenoxy) is 1. The second kappa shape index (κ2) is 12.4. The third-order valence-corrected chi connectivity index (χ3v) is 7.01. The van der Waals surface area contributed by atoms with Crippen LogP contribution in [0.15, 0.2) is 60.7 Å². The molecule has 1 fully saturated rings. The van der Waals surface area contributed by atoms with Crippen LogP contribution in [0.5, 0.6) is 5.75 Å². The highest BCUT2D eigenvalue weighted by atomic mass is 35.5. The van der Waals surface area contributed by atoms with Crippen LogP contribution in [0.3, 0.4) is 0 Å². The molecule has 0 aromatic heterocycles. The highest BCUT2D eigenvalue weighted by molar-refractivity contribution is 7.80. The molecule has 12 heteroatoms. The molecule has 1 aliphatic heterocycles. The first-order chi connectivity index (χ1) is 18.2. The highest BCUT2D eigenvalue weighted by Gasteiger charge is 2.21. The van der Waals surface area contributed by atoms with Crippen molar-refractivity contribution in [3.05, 3.63) is 92.0 Å². The summed E-state index contributed by atoms with van der Waals surface area (Å²) in [6.07, 6.45) is 0. The number of methoxy groups -OCH3 is 1. The maximum Gasteiger partial charge on any atom is 0.311 e. The Morgan fingerprint density at radius 2 is 1.79 bits per heavy atom. The molecule has 1 amide bonds. The van der Waals surface area contributed by atoms with Gasteiger partial charge in [-0.1, -0.05) is 41.4 Å². The van der Waals surface area contributed by atoms with E-state index in [1.54, 1.807) is 6.07 Å². The Hall–Kier alpha value is -3.44. The molecule has 0 bridgehead atoms. The van der Waals surface area contributed by atoms with Crippen LogP contribution in [-0.2, 0) is 6.54 Å². The van der Waals surface area contributed by atoms with E-state index in [4.69, 9.17) is 40.2 Å². The molecular weight excluding hydrogens is 549 g/mol. The lowest BCUT2D eigenvalue weighted by Crippen LogP contribution is -2.46. The average Bonchev–Trinajstić information content (AvgIpc) is 2.90. The van der Waals surface area contributed by atoms with Gasteiger partial charge in [-0.15, -0.1) is 0 Å². The summed E-state index contributed by atoms with van der Waals surface area (Å²) in [5.41, 5.74) is 2.39. The molecule has 0 atom stereocenters. The van der Waals surface area contributed by atoms with Gasteiger partial charge in [0.05, 0.1) is 22.7 Å². The fourth-order valence-corrected chi connectivity index (χ4v) is 4.87. The Morgan fingerprint density at radius 3 is 2.45 bits per heavy atom. The number of hydrogen-bond donors (Lipinski definition) is 2. The Balaban J connectivity index is 1.32. The van der Waals surface area contributed by atoms with E-state index in [2.05, 4.69) is 20.4 Å². The summed E-state index contributed by atoms with van der Waals surface area (Å²) in [4.78, 5) is 27.8. The molecule has 38 heavy (non-hydrogen) atoms. The smallest absolute Gasteiger partial charge is 0.311 e. The SMILES string of the molecule is COc1ccc(C(=O)NC(=S)Nc2ccc(N3CCN(Cc4ccccc4Cl)CC3)c(Cl)c2)cc1[N+](=O)[O-]. The van der Waals surface area contributed by atoms with Crippen LogP contribution in [0, 0.1) is 10.1 Å². The van der Waals surface area contributed by atoms with E-state index < -0.39 is 10.8 Å². The fraction of sp³-hybridized carbons (Fsp3) is 0.231. The number of amides is 1. The molecule has 3 aromatic rings. The lowest BCUT2D eigenvalue weighted by Gasteiger charge is -2.36. The maximum absolute atomic E-state index is 12.6. The van der Waals surface area contributed by atoms with Gasteiger partial charge in [0.25, 0.3) is 5.91 Å². The molecule has 198 valence electrons. The number of nitrogens with zero attached hydrogens (tertiary/aromatic N) is 3. The second-order valence-corrected chi connectivity index (χ2v) is 9.80. The van der Waals surface area contributed by atoms with Crippen molar-refractivity contribution < 1.29 is 14.5 Å². The minimum atomic E-state index is -0.617. The maximum atomic E-state index is 12.6. The first-order valence-corrected chi connectivity index (χ1v) is 12.9. The summed E-state index contributed by atoms with van der Waals surface area (Å²) in [6.45, 7) is 4.19. The number of halogens is 2. The molecule has 2 N–H and O–H groups in total. The third-order valence-electron chi connectivity index (χ3n) is 6.14. The standard InChI is InChI=1S/C26H25Cl2N5O4S/c1-37-24-9-6-17(14-23(24)33(35)36)25(34)30-26(38)29-19-7-8-22(21(28)15-19)32-12-10-31(11-13-32)16-18-4-2-3-5-20(18)27/h2-9,14-15H,10-13,16H2,1H3,(H2,29,30,34,38). The first-order valence-electron chi connectivity index (χ1n) is 11.7. The summed E-state index contributed by atoms with van der Waals surface area (Å²) >= 11 is 18.1. The summed E-state index contributed by atoms with van der Waals surface area (Å²) in [5.74, 6) is -0.533. The predicted octanol–water partition coefficient (Wildman–Crippen LogP) is 5.36. The minimum absolute atomic E-state index is 0.0328. The van der Waals surface area contributed by atoms with Crippen LogP contribution in [0.4, 0.5) is 17.1 Å². The van der Waals surface area contributed by atoms with Crippen molar-refractivity contribution in [2.75, 3.05) is 43.5 Å². The van der Waals surface area contributed by atoms with E-state index >= 15 is 0 Å². The summed E-state index contributed by atoms with van der Waals surface area (Å²) in [6, 6.07) is 17.3. The molecule has 3 aromatic carbocycles.